The molecule has 3 aliphatic rings. The van der Waals surface area contributed by atoms with Gasteiger partial charge in [0.25, 0.3) is 0 Å². The number of rotatable bonds is 8. The first-order valence-electron chi connectivity index (χ1n) is 21.5. The van der Waals surface area contributed by atoms with Crippen molar-refractivity contribution in [2.75, 3.05) is 39.1 Å². The number of ketones is 1. The third-order valence-electron chi connectivity index (χ3n) is 12.1. The van der Waals surface area contributed by atoms with E-state index >= 15 is 0 Å². The van der Waals surface area contributed by atoms with Gasteiger partial charge in [-0.1, -0.05) is 79.7 Å². The highest BCUT2D eigenvalue weighted by molar-refractivity contribution is 6.00. The highest BCUT2D eigenvalue weighted by atomic mass is 16.5. The zero-order valence-electron chi connectivity index (χ0n) is 36.5. The summed E-state index contributed by atoms with van der Waals surface area (Å²) in [6.07, 6.45) is -0.859. The second-order valence-electron chi connectivity index (χ2n) is 16.6. The van der Waals surface area contributed by atoms with E-state index in [1.807, 2.05) is 43.3 Å². The number of anilines is 1. The lowest BCUT2D eigenvalue weighted by atomic mass is 9.95. The quantitative estimate of drug-likeness (QED) is 0.283. The molecule has 3 aliphatic heterocycles. The summed E-state index contributed by atoms with van der Waals surface area (Å²) in [4.78, 5) is 120. The molecule has 16 nitrogen and oxygen atoms in total. The number of cyclic esters (lactones) is 1. The number of hydrogen-bond donors (Lipinski definition) is 3. The Balaban J connectivity index is 1.42. The molecule has 16 heteroatoms. The number of benzene rings is 3. The Kier molecular flexibility index (Phi) is 15.0. The first kappa shape index (κ1) is 45.9. The Bertz CT molecular complexity index is 2170. The van der Waals surface area contributed by atoms with Crippen molar-refractivity contribution < 1.29 is 43.1 Å². The van der Waals surface area contributed by atoms with Crippen LogP contribution in [0.1, 0.15) is 68.7 Å². The van der Waals surface area contributed by atoms with Gasteiger partial charge in [0, 0.05) is 59.2 Å². The van der Waals surface area contributed by atoms with E-state index in [9.17, 15) is 38.4 Å². The van der Waals surface area contributed by atoms with Crippen molar-refractivity contribution in [2.24, 2.45) is 0 Å². The van der Waals surface area contributed by atoms with Crippen molar-refractivity contribution in [3.8, 4) is 0 Å². The summed E-state index contributed by atoms with van der Waals surface area (Å²) in [5.74, 6) is -5.03. The van der Waals surface area contributed by atoms with Gasteiger partial charge in [0.2, 0.25) is 35.4 Å². The van der Waals surface area contributed by atoms with Crippen molar-refractivity contribution in [1.29, 1.82) is 0 Å². The molecule has 3 fully saturated rings. The van der Waals surface area contributed by atoms with E-state index in [4.69, 9.17) is 4.74 Å². The molecule has 7 atom stereocenters. The molecule has 0 aromatic heterocycles. The van der Waals surface area contributed by atoms with Crippen LogP contribution in [0.25, 0.3) is 0 Å². The first-order valence-corrected chi connectivity index (χ1v) is 21.5. The van der Waals surface area contributed by atoms with Gasteiger partial charge in [-0.15, -0.1) is 0 Å². The third-order valence-corrected chi connectivity index (χ3v) is 12.1. The average molecular weight is 864 g/mol. The average Bonchev–Trinajstić information content (AvgIpc) is 3.78. The number of carbonyl (C=O) groups is 8. The van der Waals surface area contributed by atoms with Crippen LogP contribution in [0.4, 0.5) is 5.69 Å². The van der Waals surface area contributed by atoms with Crippen molar-refractivity contribution in [3.05, 3.63) is 102 Å². The van der Waals surface area contributed by atoms with Crippen LogP contribution in [0.3, 0.4) is 0 Å². The summed E-state index contributed by atoms with van der Waals surface area (Å²) in [5.41, 5.74) is 2.62. The van der Waals surface area contributed by atoms with Crippen LogP contribution in [0.2, 0.25) is 0 Å². The summed E-state index contributed by atoms with van der Waals surface area (Å²) in [6, 6.07) is 16.9. The van der Waals surface area contributed by atoms with E-state index in [0.29, 0.717) is 24.0 Å². The fraction of sp³-hybridized carbons (Fsp3) is 0.447. The van der Waals surface area contributed by atoms with E-state index in [0.717, 1.165) is 11.3 Å². The molecule has 0 saturated carbocycles. The lowest BCUT2D eigenvalue weighted by Gasteiger charge is -2.40. The summed E-state index contributed by atoms with van der Waals surface area (Å²) in [5, 5.41) is 8.18. The molecule has 0 unspecified atom stereocenters. The molecule has 0 spiro atoms. The maximum Gasteiger partial charge on any atom is 0.333 e. The minimum atomic E-state index is -1.50. The van der Waals surface area contributed by atoms with E-state index < -0.39 is 83.8 Å². The Morgan fingerprint density at radius 3 is 2.08 bits per heavy atom. The van der Waals surface area contributed by atoms with Gasteiger partial charge in [-0.2, -0.15) is 0 Å². The topological polar surface area (TPSA) is 195 Å². The second-order valence-corrected chi connectivity index (χ2v) is 16.6. The third kappa shape index (κ3) is 10.9. The maximum atomic E-state index is 15.0. The van der Waals surface area contributed by atoms with Gasteiger partial charge in [-0.25, -0.2) is 4.79 Å². The summed E-state index contributed by atoms with van der Waals surface area (Å²) < 4.78 is 5.92. The number of likely N-dealkylation sites (N-methyl/N-ethyl adjacent to an activating group) is 1. The van der Waals surface area contributed by atoms with Crippen LogP contribution < -0.4 is 20.9 Å². The van der Waals surface area contributed by atoms with Gasteiger partial charge in [0.15, 0.2) is 6.04 Å². The number of ether oxygens (including phenoxy) is 1. The first-order chi connectivity index (χ1) is 30.2. The maximum absolute atomic E-state index is 15.0. The standard InChI is InChI=1S/C47H57N7O9/c1-6-35-44(59)53-24-13-18-36(53)45(60)52(5)38(26-31-19-21-33(22-20-31)51(3)4)46(61)54-25-23-34(55)28-37(54)42(57)50-41(32-16-11-8-12-17-32)47(62)63-29(2)40(43(58)48-35)49-39(56)27-30-14-9-7-10-15-30/h7-12,14-17,19-22,29,35-38,40-41H,6,13,18,23-28H2,1-5H3,(H,48,58)(H,49,56)(H,50,57)/t29-,35-,36+,37+,38+,40+,41+/m1/s1. The van der Waals surface area contributed by atoms with Gasteiger partial charge >= 0.3 is 5.97 Å². The molecule has 3 aromatic rings. The van der Waals surface area contributed by atoms with E-state index in [1.165, 1.54) is 28.7 Å². The van der Waals surface area contributed by atoms with Crippen molar-refractivity contribution >= 4 is 52.9 Å². The van der Waals surface area contributed by atoms with Crippen LogP contribution >= 0.6 is 0 Å². The lowest BCUT2D eigenvalue weighted by Crippen LogP contribution is -2.61. The minimum Gasteiger partial charge on any atom is -0.458 e. The van der Waals surface area contributed by atoms with Gasteiger partial charge < -0.3 is 40.3 Å². The van der Waals surface area contributed by atoms with Crippen molar-refractivity contribution in [2.45, 2.75) is 101 Å². The van der Waals surface area contributed by atoms with Crippen LogP contribution in [0.15, 0.2) is 84.9 Å². The predicted molar refractivity (Wildman–Crippen MR) is 233 cm³/mol. The molecular weight excluding hydrogens is 807 g/mol. The zero-order chi connectivity index (χ0) is 45.4. The number of nitrogens with one attached hydrogen (secondary N) is 3. The Morgan fingerprint density at radius 1 is 0.778 bits per heavy atom. The monoisotopic (exact) mass is 863 g/mol. The number of carbonyl (C=O) groups excluding carboxylic acids is 8. The molecule has 6 rings (SSSR count). The molecule has 3 N–H and O–H groups in total. The SMILES string of the molecule is CC[C@H]1NC(=O)[C@@H](NC(=O)Cc2ccccc2)[C@@H](C)OC(=O)[C@H](c2ccccc2)NC(=O)[C@@H]2CC(=O)CCN2C(=O)[C@H](Cc2ccc(N(C)C)cc2)N(C)C(=O)[C@@H]2CCCN2C1=O. The van der Waals surface area contributed by atoms with Gasteiger partial charge in [-0.3, -0.25) is 33.6 Å². The lowest BCUT2D eigenvalue weighted by molar-refractivity contribution is -0.157. The number of Topliss-reactive ketones (excluding diaryl/α,β-unsaturated/α-hetero) is 1. The van der Waals surface area contributed by atoms with Gasteiger partial charge in [-0.05, 0) is 55.0 Å². The van der Waals surface area contributed by atoms with Crippen LogP contribution in [-0.4, -0.2) is 132 Å². The van der Waals surface area contributed by atoms with E-state index in [-0.39, 0.29) is 51.0 Å². The number of nitrogens with zero attached hydrogens (tertiary/aromatic N) is 4. The minimum absolute atomic E-state index is 0.0270. The predicted octanol–water partition coefficient (Wildman–Crippen LogP) is 2.10. The Labute approximate surface area is 367 Å². The number of hydrogen-bond acceptors (Lipinski definition) is 10. The van der Waals surface area contributed by atoms with Gasteiger partial charge in [0.1, 0.15) is 42.1 Å². The van der Waals surface area contributed by atoms with Crippen molar-refractivity contribution in [1.82, 2.24) is 30.7 Å². The number of fused-ring (bicyclic) bond motifs is 2. The van der Waals surface area contributed by atoms with Crippen LogP contribution in [0, 0.1) is 0 Å². The number of amides is 6. The Morgan fingerprint density at radius 2 is 1.43 bits per heavy atom. The Hall–Kier alpha value is -6.58. The van der Waals surface area contributed by atoms with E-state index in [1.54, 1.807) is 67.6 Å². The molecule has 6 amide bonds. The fourth-order valence-corrected chi connectivity index (χ4v) is 8.42. The second kappa shape index (κ2) is 20.5. The van der Waals surface area contributed by atoms with Gasteiger partial charge in [0.05, 0.1) is 6.42 Å². The molecule has 3 heterocycles. The summed E-state index contributed by atoms with van der Waals surface area (Å²) in [6.45, 7) is 3.21. The molecule has 3 aromatic carbocycles. The highest BCUT2D eigenvalue weighted by Crippen LogP contribution is 2.27. The number of esters is 1. The van der Waals surface area contributed by atoms with Crippen LogP contribution in [-0.2, 0) is 55.9 Å². The molecule has 0 bridgehead atoms. The van der Waals surface area contributed by atoms with Crippen molar-refractivity contribution in [3.63, 3.8) is 0 Å². The smallest absolute Gasteiger partial charge is 0.333 e. The zero-order valence-corrected chi connectivity index (χ0v) is 36.5. The van der Waals surface area contributed by atoms with Crippen LogP contribution in [0.5, 0.6) is 0 Å². The summed E-state index contributed by atoms with van der Waals surface area (Å²) in [7, 11) is 5.30. The summed E-state index contributed by atoms with van der Waals surface area (Å²) >= 11 is 0. The fourth-order valence-electron chi connectivity index (χ4n) is 8.42. The number of piperidine rings is 1. The van der Waals surface area contributed by atoms with E-state index in [2.05, 4.69) is 16.0 Å². The normalized spacial score (nSPS) is 25.4. The largest absolute Gasteiger partial charge is 0.458 e. The highest BCUT2D eigenvalue weighted by Gasteiger charge is 2.45. The molecule has 63 heavy (non-hydrogen) atoms. The molecule has 334 valence electrons. The molecule has 0 aliphatic carbocycles. The molecule has 0 radical (unpaired) electrons. The molecule has 3 saturated heterocycles. The molecular formula is C47H57N7O9.